The summed E-state index contributed by atoms with van der Waals surface area (Å²) >= 11 is 0. The number of rotatable bonds is 1. The highest BCUT2D eigenvalue weighted by Crippen LogP contribution is 2.49. The van der Waals surface area contributed by atoms with Crippen molar-refractivity contribution in [2.45, 2.75) is 51.7 Å². The van der Waals surface area contributed by atoms with E-state index in [9.17, 15) is 8.42 Å². The van der Waals surface area contributed by atoms with Crippen molar-refractivity contribution in [3.8, 4) is 11.4 Å². The van der Waals surface area contributed by atoms with Crippen LogP contribution in [0.2, 0.25) is 0 Å². The molecule has 2 aromatic heterocycles. The quantitative estimate of drug-likeness (QED) is 0.670. The van der Waals surface area contributed by atoms with Gasteiger partial charge in [0.2, 0.25) is 10.0 Å². The monoisotopic (exact) mass is 384 g/mol. The Balaban J connectivity index is 1.82. The number of hydrogen-bond acceptors (Lipinski definition) is 3. The van der Waals surface area contributed by atoms with Crippen LogP contribution in [-0.2, 0) is 27.6 Å². The van der Waals surface area contributed by atoms with E-state index in [0.29, 0.717) is 6.54 Å². The summed E-state index contributed by atoms with van der Waals surface area (Å²) in [6.45, 7) is 8.00. The summed E-state index contributed by atoms with van der Waals surface area (Å²) in [5.74, 6) is 0. The average molecular weight is 385 g/mol. The van der Waals surface area contributed by atoms with E-state index < -0.39 is 14.8 Å². The maximum atomic E-state index is 13.0. The van der Waals surface area contributed by atoms with Crippen LogP contribution in [-0.4, -0.2) is 30.1 Å². The molecule has 1 aliphatic heterocycles. The number of nitrogens with zero attached hydrogens (tertiary/aromatic N) is 2. The van der Waals surface area contributed by atoms with E-state index in [1.165, 1.54) is 11.1 Å². The molecule has 7 heteroatoms. The normalized spacial score (nSPS) is 19.6. The Kier molecular flexibility index (Phi) is 3.22. The number of H-pyrrole nitrogens is 2. The predicted molar refractivity (Wildman–Crippen MR) is 108 cm³/mol. The largest absolute Gasteiger partial charge is 0.353 e. The van der Waals surface area contributed by atoms with Crippen LogP contribution < -0.4 is 4.31 Å². The topological polar surface area (TPSA) is 81.8 Å². The molecular formula is C20H24N4O2S. The Bertz CT molecular complexity index is 1200. The van der Waals surface area contributed by atoms with Gasteiger partial charge in [-0.2, -0.15) is 5.10 Å². The highest BCUT2D eigenvalue weighted by atomic mass is 32.2. The van der Waals surface area contributed by atoms with E-state index in [2.05, 4.69) is 28.2 Å². The first-order chi connectivity index (χ1) is 12.8. The first kappa shape index (κ1) is 16.9. The molecule has 0 radical (unpaired) electrons. The van der Waals surface area contributed by atoms with Gasteiger partial charge in [-0.3, -0.25) is 9.40 Å². The molecule has 0 bridgehead atoms. The van der Waals surface area contributed by atoms with Gasteiger partial charge in [0.25, 0.3) is 0 Å². The number of aryl methyl sites for hydroxylation is 2. The first-order valence-corrected chi connectivity index (χ1v) is 11.0. The number of anilines is 1. The molecule has 0 amide bonds. The Morgan fingerprint density at radius 1 is 1.22 bits per heavy atom. The van der Waals surface area contributed by atoms with E-state index in [-0.39, 0.29) is 0 Å². The van der Waals surface area contributed by atoms with Crippen LogP contribution in [0, 0.1) is 6.92 Å². The van der Waals surface area contributed by atoms with Crippen molar-refractivity contribution in [2.24, 2.45) is 0 Å². The number of sulfonamides is 1. The first-order valence-electron chi connectivity index (χ1n) is 9.53. The van der Waals surface area contributed by atoms with E-state index in [0.717, 1.165) is 58.5 Å². The van der Waals surface area contributed by atoms with Crippen molar-refractivity contribution in [3.63, 3.8) is 0 Å². The van der Waals surface area contributed by atoms with Crippen molar-refractivity contribution in [1.82, 2.24) is 15.2 Å². The van der Waals surface area contributed by atoms with E-state index in [1.807, 2.05) is 13.0 Å². The Hall–Kier alpha value is -2.28. The lowest BCUT2D eigenvalue weighted by molar-refractivity contribution is 0.560. The zero-order chi connectivity index (χ0) is 19.1. The highest BCUT2D eigenvalue weighted by molar-refractivity contribution is 7.94. The minimum Gasteiger partial charge on any atom is -0.353 e. The third-order valence-electron chi connectivity index (χ3n) is 6.33. The molecule has 142 valence electrons. The van der Waals surface area contributed by atoms with Crippen molar-refractivity contribution < 1.29 is 8.42 Å². The van der Waals surface area contributed by atoms with Gasteiger partial charge >= 0.3 is 0 Å². The van der Waals surface area contributed by atoms with Crippen LogP contribution in [0.25, 0.3) is 22.3 Å². The third-order valence-corrected chi connectivity index (χ3v) is 8.87. The lowest BCUT2D eigenvalue weighted by Gasteiger charge is -2.21. The number of nitrogens with one attached hydrogen (secondary N) is 2. The predicted octanol–water partition coefficient (Wildman–Crippen LogP) is 3.76. The van der Waals surface area contributed by atoms with Crippen molar-refractivity contribution in [1.29, 1.82) is 0 Å². The molecule has 1 aromatic carbocycles. The van der Waals surface area contributed by atoms with Gasteiger partial charge in [0.1, 0.15) is 10.4 Å². The van der Waals surface area contributed by atoms with Crippen LogP contribution in [0.5, 0.6) is 0 Å². The Morgan fingerprint density at radius 3 is 2.70 bits per heavy atom. The zero-order valence-electron chi connectivity index (χ0n) is 16.1. The molecule has 3 aromatic rings. The maximum Gasteiger partial charge on any atom is 0.244 e. The molecule has 0 saturated heterocycles. The third kappa shape index (κ3) is 1.95. The van der Waals surface area contributed by atoms with Gasteiger partial charge in [0.15, 0.2) is 0 Å². The van der Waals surface area contributed by atoms with Crippen LogP contribution >= 0.6 is 0 Å². The summed E-state index contributed by atoms with van der Waals surface area (Å²) in [5, 5.41) is 8.79. The molecule has 2 N–H and O–H groups in total. The minimum atomic E-state index is -3.40. The summed E-state index contributed by atoms with van der Waals surface area (Å²) in [6.07, 6.45) is 3.03. The fraction of sp³-hybridized carbons (Fsp3) is 0.450. The molecule has 0 fully saturated rings. The lowest BCUT2D eigenvalue weighted by Crippen LogP contribution is -2.35. The van der Waals surface area contributed by atoms with Crippen LogP contribution in [0.1, 0.15) is 49.6 Å². The van der Waals surface area contributed by atoms with Crippen LogP contribution in [0.4, 0.5) is 5.69 Å². The summed E-state index contributed by atoms with van der Waals surface area (Å²) in [7, 11) is -3.40. The Morgan fingerprint density at radius 2 is 1.96 bits per heavy atom. The van der Waals surface area contributed by atoms with E-state index >= 15 is 0 Å². The lowest BCUT2D eigenvalue weighted by atomic mass is 9.97. The standard InChI is InChI=1S/C20H24N4O2S/c1-5-24-17-9-14-13-8-6-7-12-11(2)22-23-19(12)18(13)21-16(14)10-15(17)20(3,4)27(24,25)26/h9-10,21H,5-8H2,1-4H3,(H,22,23). The Labute approximate surface area is 159 Å². The highest BCUT2D eigenvalue weighted by Gasteiger charge is 2.49. The van der Waals surface area contributed by atoms with Crippen LogP contribution in [0.3, 0.4) is 0 Å². The number of aromatic amines is 2. The number of aromatic nitrogens is 3. The molecule has 0 saturated carbocycles. The summed E-state index contributed by atoms with van der Waals surface area (Å²) in [6, 6.07) is 4.10. The molecule has 2 aliphatic rings. The minimum absolute atomic E-state index is 0.444. The fourth-order valence-electron chi connectivity index (χ4n) is 4.73. The summed E-state index contributed by atoms with van der Waals surface area (Å²) in [5.41, 5.74) is 8.43. The van der Waals surface area contributed by atoms with Crippen LogP contribution in [0.15, 0.2) is 12.1 Å². The fourth-order valence-corrected chi connectivity index (χ4v) is 6.47. The van der Waals surface area contributed by atoms with Gasteiger partial charge in [-0.1, -0.05) is 0 Å². The molecule has 27 heavy (non-hydrogen) atoms. The number of hydrogen-bond donors (Lipinski definition) is 2. The molecule has 5 rings (SSSR count). The van der Waals surface area contributed by atoms with Gasteiger partial charge < -0.3 is 4.98 Å². The van der Waals surface area contributed by atoms with Crippen molar-refractivity contribution in [2.75, 3.05) is 10.8 Å². The smallest absolute Gasteiger partial charge is 0.244 e. The second kappa shape index (κ2) is 5.16. The molecule has 1 aliphatic carbocycles. The van der Waals surface area contributed by atoms with E-state index in [1.54, 1.807) is 18.2 Å². The van der Waals surface area contributed by atoms with Gasteiger partial charge in [-0.15, -0.1) is 0 Å². The second-order valence-corrected chi connectivity index (χ2v) is 10.5. The maximum absolute atomic E-state index is 13.0. The zero-order valence-corrected chi connectivity index (χ0v) is 16.9. The molecular weight excluding hydrogens is 360 g/mol. The summed E-state index contributed by atoms with van der Waals surface area (Å²) in [4.78, 5) is 3.56. The average Bonchev–Trinajstić information content (AvgIpc) is 3.13. The number of benzene rings is 1. The van der Waals surface area contributed by atoms with Gasteiger partial charge in [0.05, 0.1) is 11.4 Å². The van der Waals surface area contributed by atoms with Crippen molar-refractivity contribution >= 4 is 26.6 Å². The number of fused-ring (bicyclic) bond motifs is 6. The van der Waals surface area contributed by atoms with Gasteiger partial charge in [-0.05, 0) is 64.7 Å². The van der Waals surface area contributed by atoms with Gasteiger partial charge in [0, 0.05) is 34.3 Å². The summed E-state index contributed by atoms with van der Waals surface area (Å²) < 4.78 is 26.7. The second-order valence-electron chi connectivity index (χ2n) is 8.10. The van der Waals surface area contributed by atoms with E-state index in [4.69, 9.17) is 0 Å². The SMILES string of the molecule is CCN1c2cc3c4c([nH]c3cc2C(C)(C)S1(=O)=O)-c1n[nH]c(C)c1CCC4. The molecule has 6 nitrogen and oxygen atoms in total. The molecule has 0 unspecified atom stereocenters. The molecule has 0 atom stereocenters. The van der Waals surface area contributed by atoms with Crippen molar-refractivity contribution in [3.05, 3.63) is 34.5 Å². The van der Waals surface area contributed by atoms with Gasteiger partial charge in [-0.25, -0.2) is 8.42 Å². The molecule has 3 heterocycles. The molecule has 0 spiro atoms.